The second-order valence-electron chi connectivity index (χ2n) is 14.5. The number of rotatable bonds is 24. The number of thiol groups is 1. The third kappa shape index (κ3) is 30.6. The van der Waals surface area contributed by atoms with Gasteiger partial charge in [-0.05, 0) is 69.0 Å². The van der Waals surface area contributed by atoms with Crippen molar-refractivity contribution < 1.29 is 71.9 Å². The highest BCUT2D eigenvalue weighted by molar-refractivity contribution is 7.80. The average Bonchev–Trinajstić information content (AvgIpc) is 3.32. The summed E-state index contributed by atoms with van der Waals surface area (Å²) in [6.45, 7) is 7.39. The molecule has 72 heavy (non-hydrogen) atoms. The molecule has 0 fully saturated rings. The quantitative estimate of drug-likeness (QED) is 0.0221. The number of aromatic amines is 1. The number of anilines is 2. The zero-order chi connectivity index (χ0) is 55.6. The Balaban J connectivity index is -0.00000281. The van der Waals surface area contributed by atoms with Crippen molar-refractivity contribution in [2.45, 2.75) is 104 Å². The summed E-state index contributed by atoms with van der Waals surface area (Å²) in [5.41, 5.74) is 17.6. The number of aromatic nitrogens is 4. The number of hydrogen-bond donors (Lipinski definition) is 9. The normalized spacial score (nSPS) is 11.4. The molecular formula is C43H56N12O16S. The lowest BCUT2D eigenvalue weighted by Crippen LogP contribution is -2.46. The van der Waals surface area contributed by atoms with Gasteiger partial charge in [-0.25, -0.2) is 9.97 Å². The molecule has 390 valence electrons. The molecule has 0 aliphatic rings. The fourth-order valence-corrected chi connectivity index (χ4v) is 6.09. The Labute approximate surface area is 415 Å². The number of nitrogens with zero attached hydrogens (tertiary/aromatic N) is 4. The van der Waals surface area contributed by atoms with E-state index in [9.17, 15) is 28.8 Å². The van der Waals surface area contributed by atoms with Crippen molar-refractivity contribution in [3.63, 3.8) is 0 Å². The molecule has 3 amide bonds. The maximum atomic E-state index is 13.4. The Bertz CT molecular complexity index is 2370. The highest BCUT2D eigenvalue weighted by Gasteiger charge is 2.29. The third-order valence-corrected chi connectivity index (χ3v) is 9.52. The number of amides is 3. The van der Waals surface area contributed by atoms with Crippen LogP contribution in [-0.2, 0) is 73.7 Å². The Morgan fingerprint density at radius 1 is 0.722 bits per heavy atom. The molecule has 11 N–H and O–H groups in total. The Hall–Kier alpha value is -8.69. The highest BCUT2D eigenvalue weighted by Crippen LogP contribution is 2.15. The zero-order valence-corrected chi connectivity index (χ0v) is 40.4. The van der Waals surface area contributed by atoms with Crippen molar-refractivity contribution >= 4 is 101 Å². The number of fused-ring (bicyclic) bond motifs is 1. The summed E-state index contributed by atoms with van der Waals surface area (Å²) in [5, 5.41) is 11.6. The standard InChI is InChI=1S/C38H56N12O6S.5CO2/c1-5-27(47-35(55)24-11-13-25(14-12-24)43-19-26-20-44-32-31(46-26)36(56)50-38(41)49-32)29(51)17-22(3)34(54)48-28(10-8-15-42-37(39)40)30(52)18-21(2)33(53)45-23(4)9-6-7-16-57;5*2-1-3/h11-14,20-23,27-28,43,57H,5-10,15-19H2,1-4H3,(H,45,53)(H,47,55)(H,48,54)(H4,39,40,42)(H3,41,44,49,50,56);;;;;/t21-,22-,23+,27+,28+;;;;;/m1...../s1. The molecule has 0 saturated heterocycles. The van der Waals surface area contributed by atoms with Crippen molar-refractivity contribution in [1.29, 1.82) is 0 Å². The summed E-state index contributed by atoms with van der Waals surface area (Å²) in [4.78, 5) is 178. The molecule has 0 bridgehead atoms. The van der Waals surface area contributed by atoms with Crippen LogP contribution in [0.3, 0.4) is 0 Å². The van der Waals surface area contributed by atoms with Crippen molar-refractivity contribution in [3.8, 4) is 0 Å². The van der Waals surface area contributed by atoms with Gasteiger partial charge in [0, 0.05) is 48.5 Å². The van der Waals surface area contributed by atoms with E-state index in [0.29, 0.717) is 23.4 Å². The number of guanidine groups is 1. The third-order valence-electron chi connectivity index (χ3n) is 9.20. The minimum Gasteiger partial charge on any atom is -0.379 e. The summed E-state index contributed by atoms with van der Waals surface area (Å²) in [7, 11) is 0. The monoisotopic (exact) mass is 1030 g/mol. The molecule has 0 radical (unpaired) electrons. The molecule has 0 spiro atoms. The van der Waals surface area contributed by atoms with Gasteiger partial charge >= 0.3 is 30.8 Å². The lowest BCUT2D eigenvalue weighted by molar-refractivity contribution is -0.193. The number of carbonyl (C=O) groups excluding carboxylic acids is 15. The molecule has 0 saturated carbocycles. The van der Waals surface area contributed by atoms with E-state index in [0.717, 1.165) is 25.0 Å². The molecule has 2 aromatic heterocycles. The fraction of sp³-hybridized carbons (Fsp3) is 0.465. The lowest BCUT2D eigenvalue weighted by atomic mass is 9.94. The van der Waals surface area contributed by atoms with E-state index in [1.807, 2.05) is 6.92 Å². The van der Waals surface area contributed by atoms with E-state index in [1.54, 1.807) is 45.0 Å². The van der Waals surface area contributed by atoms with Gasteiger partial charge in [0.25, 0.3) is 11.5 Å². The topological polar surface area (TPSA) is 466 Å². The van der Waals surface area contributed by atoms with Crippen LogP contribution in [0.5, 0.6) is 0 Å². The summed E-state index contributed by atoms with van der Waals surface area (Å²) in [5.74, 6) is -2.71. The summed E-state index contributed by atoms with van der Waals surface area (Å²) in [6, 6.07) is 4.71. The molecule has 0 aliphatic carbocycles. The van der Waals surface area contributed by atoms with Gasteiger partial charge in [0.05, 0.1) is 30.5 Å². The van der Waals surface area contributed by atoms with Crippen LogP contribution in [0.15, 0.2) is 40.2 Å². The van der Waals surface area contributed by atoms with Crippen molar-refractivity contribution in [3.05, 3.63) is 52.1 Å². The number of nitrogens with one attached hydrogen (secondary N) is 5. The number of ketones is 2. The molecule has 1 aromatic carbocycles. The van der Waals surface area contributed by atoms with Gasteiger partial charge in [0.15, 0.2) is 28.7 Å². The van der Waals surface area contributed by atoms with Crippen LogP contribution in [0.25, 0.3) is 11.2 Å². The van der Waals surface area contributed by atoms with E-state index < -0.39 is 41.3 Å². The van der Waals surface area contributed by atoms with Crippen molar-refractivity contribution in [2.24, 2.45) is 28.3 Å². The SMILES string of the molecule is CC[C@H](NC(=O)c1ccc(NCc2cnc3nc(N)[nH]c(=O)c3n2)cc1)C(=O)C[C@@H](C)C(=O)N[C@@H](CCCN=C(N)N)C(=O)C[C@@H](C)C(=O)N[C@@H](C)CCCCS.O=C=O.O=C=O.O=C=O.O=C=O.O=C=O. The maximum absolute atomic E-state index is 13.4. The first-order chi connectivity index (χ1) is 34.2. The Morgan fingerprint density at radius 2 is 1.24 bits per heavy atom. The van der Waals surface area contributed by atoms with E-state index in [2.05, 4.69) is 58.8 Å². The Kier molecular flexibility index (Phi) is 38.8. The first kappa shape index (κ1) is 67.6. The number of H-pyrrole nitrogens is 1. The van der Waals surface area contributed by atoms with Gasteiger partial charge in [-0.2, -0.15) is 65.6 Å². The minimum absolute atomic E-state index is 0.0535. The predicted molar refractivity (Wildman–Crippen MR) is 247 cm³/mol. The Morgan fingerprint density at radius 3 is 1.74 bits per heavy atom. The van der Waals surface area contributed by atoms with Gasteiger partial charge < -0.3 is 38.5 Å². The summed E-state index contributed by atoms with van der Waals surface area (Å²) in [6.07, 6.45) is 6.02. The largest absolute Gasteiger partial charge is 0.379 e. The summed E-state index contributed by atoms with van der Waals surface area (Å²) >= 11 is 4.22. The molecule has 0 unspecified atom stereocenters. The fourth-order valence-electron chi connectivity index (χ4n) is 5.86. The van der Waals surface area contributed by atoms with Crippen LogP contribution in [0.1, 0.15) is 95.1 Å². The molecular weight excluding hydrogens is 973 g/mol. The molecule has 29 heteroatoms. The molecule has 28 nitrogen and oxygen atoms in total. The van der Waals surface area contributed by atoms with Crippen molar-refractivity contribution in [1.82, 2.24) is 35.9 Å². The molecule has 3 aromatic rings. The number of nitrogens with two attached hydrogens (primary N) is 3. The van der Waals surface area contributed by atoms with E-state index in [-0.39, 0.29) is 116 Å². The number of nitrogen functional groups attached to an aromatic ring is 1. The number of aliphatic imine (C=N–C) groups is 1. The molecule has 5 atom stereocenters. The van der Waals surface area contributed by atoms with E-state index in [1.165, 1.54) is 6.20 Å². The number of Topliss-reactive ketones (excluding diaryl/α,β-unsaturated/α-hetero) is 2. The number of benzene rings is 1. The van der Waals surface area contributed by atoms with Crippen LogP contribution < -0.4 is 44.0 Å². The van der Waals surface area contributed by atoms with Gasteiger partial charge in [-0.3, -0.25) is 38.7 Å². The average molecular weight is 1030 g/mol. The van der Waals surface area contributed by atoms with Crippen LogP contribution in [0.4, 0.5) is 11.6 Å². The van der Waals surface area contributed by atoms with E-state index in [4.69, 9.17) is 65.1 Å². The van der Waals surface area contributed by atoms with Crippen LogP contribution in [0, 0.1) is 11.8 Å². The van der Waals surface area contributed by atoms with E-state index >= 15 is 0 Å². The van der Waals surface area contributed by atoms with Crippen LogP contribution in [0.2, 0.25) is 0 Å². The summed E-state index contributed by atoms with van der Waals surface area (Å²) < 4.78 is 0. The number of carbonyl (C=O) groups is 5. The predicted octanol–water partition coefficient (Wildman–Crippen LogP) is -1.17. The van der Waals surface area contributed by atoms with Crippen LogP contribution >= 0.6 is 12.6 Å². The van der Waals surface area contributed by atoms with Gasteiger partial charge in [-0.15, -0.1) is 0 Å². The molecule has 0 aliphatic heterocycles. The second-order valence-corrected chi connectivity index (χ2v) is 15.0. The zero-order valence-electron chi connectivity index (χ0n) is 39.6. The first-order valence-corrected chi connectivity index (χ1v) is 21.8. The smallest absolute Gasteiger partial charge is 0.373 e. The number of hydrogen-bond acceptors (Lipinski definition) is 23. The van der Waals surface area contributed by atoms with Crippen LogP contribution in [-0.4, -0.2) is 116 Å². The van der Waals surface area contributed by atoms with Gasteiger partial charge in [-0.1, -0.05) is 27.2 Å². The highest BCUT2D eigenvalue weighted by atomic mass is 32.1. The number of unbranched alkanes of at least 4 members (excludes halogenated alkanes) is 1. The second kappa shape index (κ2) is 41.3. The lowest BCUT2D eigenvalue weighted by Gasteiger charge is -2.23. The molecule has 2 heterocycles. The minimum atomic E-state index is -0.923. The van der Waals surface area contributed by atoms with Crippen molar-refractivity contribution in [2.75, 3.05) is 23.3 Å². The van der Waals surface area contributed by atoms with Gasteiger partial charge in [0.1, 0.15) is 0 Å². The molecule has 3 rings (SSSR count). The maximum Gasteiger partial charge on any atom is 0.373 e. The first-order valence-electron chi connectivity index (χ1n) is 21.1. The van der Waals surface area contributed by atoms with Gasteiger partial charge in [0.2, 0.25) is 17.8 Å².